The monoisotopic (exact) mass is 381 g/mol. The molecule has 10 N–H and O–H groups in total. The van der Waals surface area contributed by atoms with Gasteiger partial charge in [0.15, 0.2) is 0 Å². The molecule has 0 fully saturated rings. The Hall–Kier alpha value is -1.98. The number of benzene rings is 3. The van der Waals surface area contributed by atoms with E-state index in [1.807, 2.05) is 84.9 Å². The Bertz CT molecular complexity index is 758. The van der Waals surface area contributed by atoms with Crippen molar-refractivity contribution < 1.29 is 11.0 Å². The molecule has 5 nitrogen and oxygen atoms in total. The third-order valence-corrected chi connectivity index (χ3v) is 8.35. The summed E-state index contributed by atoms with van der Waals surface area (Å²) >= 11 is 0. The molecule has 0 heterocycles. The van der Waals surface area contributed by atoms with Gasteiger partial charge in [0.2, 0.25) is 0 Å². The summed E-state index contributed by atoms with van der Waals surface area (Å²) in [4.78, 5) is 0. The van der Waals surface area contributed by atoms with E-state index in [4.69, 9.17) is 16.7 Å². The SMILES string of the molecule is Cl.Nc1ccccc1P(N)(N)(c1ccccc1)c1ccccc1.O.O. The second-order valence-corrected chi connectivity index (χ2v) is 9.52. The maximum absolute atomic E-state index is 7.03. The van der Waals surface area contributed by atoms with Crippen molar-refractivity contribution in [2.75, 3.05) is 5.73 Å². The number of nitrogen functional groups attached to an aromatic ring is 1. The minimum absolute atomic E-state index is 0. The quantitative estimate of drug-likeness (QED) is 0.452. The predicted molar refractivity (Wildman–Crippen MR) is 112 cm³/mol. The van der Waals surface area contributed by atoms with Gasteiger partial charge in [-0.3, -0.25) is 0 Å². The fourth-order valence-electron chi connectivity index (χ4n) is 2.85. The number of nitrogens with two attached hydrogens (primary N) is 3. The minimum atomic E-state index is -3.55. The van der Waals surface area contributed by atoms with Crippen LogP contribution >= 0.6 is 19.3 Å². The first-order valence-corrected chi connectivity index (χ1v) is 9.50. The zero-order valence-corrected chi connectivity index (χ0v) is 15.4. The Morgan fingerprint density at radius 1 is 0.560 bits per heavy atom. The smallest absolute Gasteiger partial charge is 0.412 e. The molecular formula is C18H25ClN3O2P. The van der Waals surface area contributed by atoms with Crippen LogP contribution in [0.25, 0.3) is 0 Å². The van der Waals surface area contributed by atoms with Crippen molar-refractivity contribution in [3.8, 4) is 0 Å². The van der Waals surface area contributed by atoms with E-state index >= 15 is 0 Å². The van der Waals surface area contributed by atoms with Gasteiger partial charge in [0.25, 0.3) is 0 Å². The molecule has 136 valence electrons. The standard InChI is InChI=1S/C18H20N3P.ClH.2H2O/c19-17-13-7-8-14-18(17)22(20,21,15-9-3-1-4-10-15)16-11-5-2-6-12-16;;;/h1-14H,19-21H2;1H;2*1H2. The fourth-order valence-corrected chi connectivity index (χ4v) is 6.37. The molecule has 3 aromatic carbocycles. The molecule has 0 bridgehead atoms. The molecule has 7 heteroatoms. The molecule has 0 aliphatic carbocycles. The summed E-state index contributed by atoms with van der Waals surface area (Å²) in [6, 6.07) is 27.3. The predicted octanol–water partition coefficient (Wildman–Crippen LogP) is 0.618. The van der Waals surface area contributed by atoms with E-state index in [2.05, 4.69) is 0 Å². The molecule has 0 aromatic heterocycles. The normalized spacial score (nSPS) is 11.7. The van der Waals surface area contributed by atoms with Crippen molar-refractivity contribution in [2.24, 2.45) is 11.0 Å². The molecule has 0 saturated heterocycles. The maximum atomic E-state index is 7.03. The first-order chi connectivity index (χ1) is 10.5. The third-order valence-electron chi connectivity index (χ3n) is 4.08. The number of hydrogen-bond acceptors (Lipinski definition) is 3. The molecule has 0 aliphatic rings. The molecule has 0 atom stereocenters. The molecule has 3 aromatic rings. The second-order valence-electron chi connectivity index (χ2n) is 5.49. The van der Waals surface area contributed by atoms with Gasteiger partial charge in [0.05, 0.1) is 0 Å². The largest absolute Gasteiger partial charge is 0.412 e. The van der Waals surface area contributed by atoms with E-state index in [-0.39, 0.29) is 23.4 Å². The molecule has 0 amide bonds. The van der Waals surface area contributed by atoms with E-state index < -0.39 is 6.90 Å². The van der Waals surface area contributed by atoms with Crippen molar-refractivity contribution in [1.82, 2.24) is 0 Å². The van der Waals surface area contributed by atoms with Crippen molar-refractivity contribution in [3.63, 3.8) is 0 Å². The van der Waals surface area contributed by atoms with Crippen molar-refractivity contribution in [1.29, 1.82) is 0 Å². The second kappa shape index (κ2) is 8.41. The molecule has 0 radical (unpaired) electrons. The van der Waals surface area contributed by atoms with Crippen LogP contribution in [0, 0.1) is 0 Å². The molecule has 3 rings (SSSR count). The minimum Gasteiger partial charge on any atom is -0.412 e. The van der Waals surface area contributed by atoms with Crippen LogP contribution in [0.15, 0.2) is 84.9 Å². The average Bonchev–Trinajstić information content (AvgIpc) is 2.57. The Balaban J connectivity index is 0.00000192. The summed E-state index contributed by atoms with van der Waals surface area (Å²) in [6.45, 7) is -3.55. The molecule has 0 saturated carbocycles. The van der Waals surface area contributed by atoms with Gasteiger partial charge >= 0.3 is 130 Å². The summed E-state index contributed by atoms with van der Waals surface area (Å²) in [6.07, 6.45) is 0. The van der Waals surface area contributed by atoms with Gasteiger partial charge in [0.1, 0.15) is 0 Å². The zero-order valence-electron chi connectivity index (χ0n) is 13.7. The van der Waals surface area contributed by atoms with Crippen LogP contribution in [-0.4, -0.2) is 11.0 Å². The summed E-state index contributed by atoms with van der Waals surface area (Å²) in [5, 5.41) is 2.64. The third kappa shape index (κ3) is 3.67. The van der Waals surface area contributed by atoms with E-state index in [9.17, 15) is 0 Å². The van der Waals surface area contributed by atoms with E-state index in [1.54, 1.807) is 0 Å². The Kier molecular flexibility index (Phi) is 7.74. The van der Waals surface area contributed by atoms with Gasteiger partial charge < -0.3 is 11.0 Å². The number of hydrogen-bond donors (Lipinski definition) is 3. The summed E-state index contributed by atoms with van der Waals surface area (Å²) in [5.41, 5.74) is 20.9. The van der Waals surface area contributed by atoms with Gasteiger partial charge in [-0.1, -0.05) is 0 Å². The van der Waals surface area contributed by atoms with Crippen LogP contribution in [0.3, 0.4) is 0 Å². The number of anilines is 1. The topological polar surface area (TPSA) is 141 Å². The summed E-state index contributed by atoms with van der Waals surface area (Å²) in [5.74, 6) is 0. The van der Waals surface area contributed by atoms with Gasteiger partial charge in [-0.2, -0.15) is 0 Å². The number of rotatable bonds is 3. The van der Waals surface area contributed by atoms with Gasteiger partial charge in [-0.25, -0.2) is 0 Å². The fraction of sp³-hybridized carbons (Fsp3) is 0. The molecule has 0 aliphatic heterocycles. The Labute approximate surface area is 153 Å². The van der Waals surface area contributed by atoms with Crippen molar-refractivity contribution >= 4 is 40.9 Å². The summed E-state index contributed by atoms with van der Waals surface area (Å²) < 4.78 is 0. The number of para-hydroxylation sites is 1. The van der Waals surface area contributed by atoms with E-state index in [0.29, 0.717) is 5.69 Å². The van der Waals surface area contributed by atoms with Crippen LogP contribution in [0.1, 0.15) is 0 Å². The van der Waals surface area contributed by atoms with Gasteiger partial charge in [0, 0.05) is 0 Å². The number of halogens is 1. The summed E-state index contributed by atoms with van der Waals surface area (Å²) in [7, 11) is 0. The Morgan fingerprint density at radius 2 is 0.920 bits per heavy atom. The first-order valence-electron chi connectivity index (χ1n) is 7.12. The molecule has 0 spiro atoms. The van der Waals surface area contributed by atoms with Gasteiger partial charge in [-0.05, 0) is 0 Å². The Morgan fingerprint density at radius 3 is 1.32 bits per heavy atom. The van der Waals surface area contributed by atoms with Crippen LogP contribution in [0.4, 0.5) is 5.69 Å². The van der Waals surface area contributed by atoms with Crippen molar-refractivity contribution in [2.45, 2.75) is 0 Å². The first kappa shape index (κ1) is 23.0. The van der Waals surface area contributed by atoms with Crippen molar-refractivity contribution in [3.05, 3.63) is 84.9 Å². The molecular weight excluding hydrogens is 357 g/mol. The zero-order chi connectivity index (χ0) is 15.7. The van der Waals surface area contributed by atoms with Crippen LogP contribution in [-0.2, 0) is 0 Å². The van der Waals surface area contributed by atoms with E-state index in [1.165, 1.54) is 0 Å². The molecule has 25 heavy (non-hydrogen) atoms. The maximum Gasteiger partial charge on any atom is -0.412 e. The van der Waals surface area contributed by atoms with E-state index in [0.717, 1.165) is 15.9 Å². The molecule has 0 unspecified atom stereocenters. The van der Waals surface area contributed by atoms with Crippen LogP contribution in [0.2, 0.25) is 0 Å². The van der Waals surface area contributed by atoms with Gasteiger partial charge in [-0.15, -0.1) is 12.4 Å². The average molecular weight is 382 g/mol. The van der Waals surface area contributed by atoms with Crippen LogP contribution in [0.5, 0.6) is 0 Å². The van der Waals surface area contributed by atoms with Crippen LogP contribution < -0.4 is 32.7 Å².